The molecule has 1 amide bonds. The molecular formula is C17H11FN4O2S. The number of aromatic nitrogens is 3. The van der Waals surface area contributed by atoms with E-state index >= 15 is 0 Å². The van der Waals surface area contributed by atoms with Gasteiger partial charge in [-0.1, -0.05) is 29.5 Å². The zero-order chi connectivity index (χ0) is 17.6. The summed E-state index contributed by atoms with van der Waals surface area (Å²) in [7, 11) is 1.49. The molecule has 0 aliphatic rings. The second-order valence-corrected chi connectivity index (χ2v) is 6.44. The van der Waals surface area contributed by atoms with Gasteiger partial charge in [0.25, 0.3) is 11.5 Å². The Hall–Kier alpha value is -3.13. The molecule has 2 heterocycles. The van der Waals surface area contributed by atoms with Crippen LogP contribution in [0.1, 0.15) is 10.5 Å². The van der Waals surface area contributed by atoms with Gasteiger partial charge >= 0.3 is 0 Å². The molecule has 1 N–H and O–H groups in total. The number of halogens is 1. The highest BCUT2D eigenvalue weighted by atomic mass is 32.1. The van der Waals surface area contributed by atoms with Gasteiger partial charge in [-0.15, -0.1) is 0 Å². The number of carbonyl (C=O) groups is 1. The normalized spacial score (nSPS) is 11.1. The predicted molar refractivity (Wildman–Crippen MR) is 94.5 cm³/mol. The van der Waals surface area contributed by atoms with E-state index in [1.807, 2.05) is 0 Å². The minimum Gasteiger partial charge on any atom is -0.296 e. The first-order valence-corrected chi connectivity index (χ1v) is 8.18. The van der Waals surface area contributed by atoms with Crippen molar-refractivity contribution in [1.29, 1.82) is 0 Å². The number of hydrogen-bond acceptors (Lipinski definition) is 5. The average Bonchev–Trinajstić information content (AvgIpc) is 2.99. The third-order valence-corrected chi connectivity index (χ3v) is 4.68. The van der Waals surface area contributed by atoms with E-state index in [1.165, 1.54) is 30.5 Å². The third kappa shape index (κ3) is 2.66. The van der Waals surface area contributed by atoms with Crippen LogP contribution in [0.2, 0.25) is 0 Å². The van der Waals surface area contributed by atoms with E-state index in [1.54, 1.807) is 30.3 Å². The second kappa shape index (κ2) is 5.75. The van der Waals surface area contributed by atoms with Gasteiger partial charge in [0.15, 0.2) is 10.8 Å². The SMILES string of the molecule is Cn1nc(C(=O)Nc2nc3ccc(F)cc3s2)c2ccccc2c1=O. The van der Waals surface area contributed by atoms with E-state index in [0.717, 1.165) is 4.68 Å². The molecule has 2 aromatic carbocycles. The van der Waals surface area contributed by atoms with Crippen molar-refractivity contribution >= 4 is 43.4 Å². The van der Waals surface area contributed by atoms with Crippen molar-refractivity contribution in [3.63, 3.8) is 0 Å². The van der Waals surface area contributed by atoms with E-state index < -0.39 is 5.91 Å². The maximum atomic E-state index is 13.3. The van der Waals surface area contributed by atoms with E-state index in [9.17, 15) is 14.0 Å². The van der Waals surface area contributed by atoms with Crippen molar-refractivity contribution in [1.82, 2.24) is 14.8 Å². The van der Waals surface area contributed by atoms with Crippen LogP contribution in [0.5, 0.6) is 0 Å². The zero-order valence-electron chi connectivity index (χ0n) is 13.0. The lowest BCUT2D eigenvalue weighted by Crippen LogP contribution is -2.25. The monoisotopic (exact) mass is 354 g/mol. The van der Waals surface area contributed by atoms with Crippen LogP contribution in [-0.4, -0.2) is 20.7 Å². The molecule has 4 rings (SSSR count). The molecule has 0 bridgehead atoms. The number of thiazole rings is 1. The number of fused-ring (bicyclic) bond motifs is 2. The summed E-state index contributed by atoms with van der Waals surface area (Å²) in [4.78, 5) is 29.0. The number of amides is 1. The fourth-order valence-corrected chi connectivity index (χ4v) is 3.46. The minimum atomic E-state index is -0.480. The van der Waals surface area contributed by atoms with Crippen LogP contribution < -0.4 is 10.9 Å². The summed E-state index contributed by atoms with van der Waals surface area (Å²) in [5.41, 5.74) is 0.450. The van der Waals surface area contributed by atoms with E-state index in [2.05, 4.69) is 15.4 Å². The summed E-state index contributed by atoms with van der Waals surface area (Å²) in [6.07, 6.45) is 0. The summed E-state index contributed by atoms with van der Waals surface area (Å²) >= 11 is 1.17. The van der Waals surface area contributed by atoms with E-state index in [4.69, 9.17) is 0 Å². The number of nitrogens with one attached hydrogen (secondary N) is 1. The average molecular weight is 354 g/mol. The molecule has 0 fully saturated rings. The van der Waals surface area contributed by atoms with Crippen LogP contribution in [0.4, 0.5) is 9.52 Å². The lowest BCUT2D eigenvalue weighted by molar-refractivity contribution is 0.102. The van der Waals surface area contributed by atoms with Gasteiger partial charge in [-0.25, -0.2) is 14.1 Å². The van der Waals surface area contributed by atoms with Crippen molar-refractivity contribution in [2.45, 2.75) is 0 Å². The third-order valence-electron chi connectivity index (χ3n) is 3.74. The Labute approximate surface area is 144 Å². The Balaban J connectivity index is 1.77. The van der Waals surface area contributed by atoms with Crippen molar-refractivity contribution < 1.29 is 9.18 Å². The van der Waals surface area contributed by atoms with Crippen LogP contribution in [0.3, 0.4) is 0 Å². The number of aryl methyl sites for hydroxylation is 1. The first kappa shape index (κ1) is 15.4. The highest BCUT2D eigenvalue weighted by Crippen LogP contribution is 2.27. The molecule has 0 radical (unpaired) electrons. The van der Waals surface area contributed by atoms with Crippen LogP contribution in [-0.2, 0) is 7.05 Å². The second-order valence-electron chi connectivity index (χ2n) is 5.41. The molecule has 0 unspecified atom stereocenters. The lowest BCUT2D eigenvalue weighted by Gasteiger charge is -2.07. The summed E-state index contributed by atoms with van der Waals surface area (Å²) in [6.45, 7) is 0. The maximum Gasteiger partial charge on any atom is 0.278 e. The molecule has 0 aliphatic heterocycles. The van der Waals surface area contributed by atoms with E-state index in [0.29, 0.717) is 26.1 Å². The number of benzene rings is 2. The van der Waals surface area contributed by atoms with Gasteiger partial charge in [0, 0.05) is 12.4 Å². The van der Waals surface area contributed by atoms with Gasteiger partial charge in [0.05, 0.1) is 15.6 Å². The molecule has 0 atom stereocenters. The smallest absolute Gasteiger partial charge is 0.278 e. The standard InChI is InChI=1S/C17H11FN4O2S/c1-22-16(24)11-5-3-2-4-10(11)14(21-22)15(23)20-17-19-12-7-6-9(18)8-13(12)25-17/h2-8H,1H3,(H,19,20,23). The van der Waals surface area contributed by atoms with Crippen LogP contribution in [0, 0.1) is 5.82 Å². The fourth-order valence-electron chi connectivity index (χ4n) is 2.58. The van der Waals surface area contributed by atoms with Crippen LogP contribution in [0.15, 0.2) is 47.3 Å². The number of hydrogen-bond donors (Lipinski definition) is 1. The fraction of sp³-hybridized carbons (Fsp3) is 0.0588. The molecule has 0 spiro atoms. The minimum absolute atomic E-state index is 0.128. The Morgan fingerprint density at radius 2 is 1.96 bits per heavy atom. The zero-order valence-corrected chi connectivity index (χ0v) is 13.8. The van der Waals surface area contributed by atoms with Crippen molar-refractivity contribution in [2.24, 2.45) is 7.05 Å². The van der Waals surface area contributed by atoms with E-state index in [-0.39, 0.29) is 17.1 Å². The Morgan fingerprint density at radius 3 is 2.76 bits per heavy atom. The van der Waals surface area contributed by atoms with Gasteiger partial charge in [-0.2, -0.15) is 5.10 Å². The van der Waals surface area contributed by atoms with Gasteiger partial charge < -0.3 is 0 Å². The summed E-state index contributed by atoms with van der Waals surface area (Å²) in [6, 6.07) is 11.0. The van der Waals surface area contributed by atoms with Crippen LogP contribution in [0.25, 0.3) is 21.0 Å². The molecule has 124 valence electrons. The molecule has 25 heavy (non-hydrogen) atoms. The Kier molecular flexibility index (Phi) is 3.54. The summed E-state index contributed by atoms with van der Waals surface area (Å²) in [5.74, 6) is -0.842. The lowest BCUT2D eigenvalue weighted by atomic mass is 10.1. The summed E-state index contributed by atoms with van der Waals surface area (Å²) < 4.78 is 15.0. The number of rotatable bonds is 2. The van der Waals surface area contributed by atoms with Gasteiger partial charge in [0.2, 0.25) is 0 Å². The van der Waals surface area contributed by atoms with Crippen molar-refractivity contribution in [2.75, 3.05) is 5.32 Å². The number of anilines is 1. The molecule has 4 aromatic rings. The van der Waals surface area contributed by atoms with Crippen molar-refractivity contribution in [3.05, 3.63) is 64.3 Å². The molecule has 0 saturated heterocycles. The molecule has 6 nitrogen and oxygen atoms in total. The highest BCUT2D eigenvalue weighted by Gasteiger charge is 2.17. The predicted octanol–water partition coefficient (Wildman–Crippen LogP) is 2.93. The van der Waals surface area contributed by atoms with Gasteiger partial charge in [-0.3, -0.25) is 14.9 Å². The molecule has 0 aliphatic carbocycles. The Morgan fingerprint density at radius 1 is 1.20 bits per heavy atom. The van der Waals surface area contributed by atoms with Crippen molar-refractivity contribution in [3.8, 4) is 0 Å². The van der Waals surface area contributed by atoms with Gasteiger partial charge in [0.1, 0.15) is 5.82 Å². The molecule has 2 aromatic heterocycles. The largest absolute Gasteiger partial charge is 0.296 e. The number of nitrogens with zero attached hydrogens (tertiary/aromatic N) is 3. The molecule has 0 saturated carbocycles. The highest BCUT2D eigenvalue weighted by molar-refractivity contribution is 7.22. The first-order valence-electron chi connectivity index (χ1n) is 7.36. The first-order chi connectivity index (χ1) is 12.0. The topological polar surface area (TPSA) is 76.9 Å². The van der Waals surface area contributed by atoms with Gasteiger partial charge in [-0.05, 0) is 24.3 Å². The van der Waals surface area contributed by atoms with Crippen LogP contribution >= 0.6 is 11.3 Å². The quantitative estimate of drug-likeness (QED) is 0.600. The number of carbonyl (C=O) groups excluding carboxylic acids is 1. The Bertz CT molecular complexity index is 1200. The summed E-state index contributed by atoms with van der Waals surface area (Å²) in [5, 5.41) is 7.97. The molecular weight excluding hydrogens is 343 g/mol. The molecule has 8 heteroatoms. The maximum absolute atomic E-state index is 13.3.